The van der Waals surface area contributed by atoms with Crippen molar-refractivity contribution in [1.29, 1.82) is 0 Å². The zero-order valence-corrected chi connectivity index (χ0v) is 10.1. The number of methoxy groups -OCH3 is 1. The average molecular weight is 292 g/mol. The van der Waals surface area contributed by atoms with Crippen LogP contribution in [0.25, 0.3) is 0 Å². The van der Waals surface area contributed by atoms with E-state index < -0.39 is 31.2 Å². The highest BCUT2D eigenvalue weighted by atomic mass is 35.7. The van der Waals surface area contributed by atoms with Crippen molar-refractivity contribution in [1.82, 2.24) is 4.98 Å². The second-order valence-electron chi connectivity index (χ2n) is 2.61. The van der Waals surface area contributed by atoms with Crippen molar-refractivity contribution in [2.45, 2.75) is 11.3 Å². The van der Waals surface area contributed by atoms with Gasteiger partial charge in [0.05, 0.1) is 7.11 Å². The molecule has 0 radical (unpaired) electrons. The zero-order chi connectivity index (χ0) is 12.5. The van der Waals surface area contributed by atoms with Crippen LogP contribution in [0.3, 0.4) is 0 Å². The Labute approximate surface area is 99.6 Å². The Balaban J connectivity index is 3.53. The lowest BCUT2D eigenvalue weighted by Crippen LogP contribution is -2.02. The minimum atomic E-state index is -4.21. The molecule has 1 aromatic rings. The van der Waals surface area contributed by atoms with Crippen LogP contribution in [-0.2, 0) is 9.05 Å². The van der Waals surface area contributed by atoms with E-state index in [2.05, 4.69) is 9.72 Å². The van der Waals surface area contributed by atoms with Gasteiger partial charge in [0.25, 0.3) is 15.5 Å². The molecule has 0 aliphatic carbocycles. The van der Waals surface area contributed by atoms with Crippen molar-refractivity contribution in [2.75, 3.05) is 7.11 Å². The maximum absolute atomic E-state index is 12.3. The fraction of sp³-hybridized carbons (Fsp3) is 0.286. The van der Waals surface area contributed by atoms with E-state index in [0.717, 1.165) is 13.2 Å². The van der Waals surface area contributed by atoms with Gasteiger partial charge in [0.15, 0.2) is 10.0 Å². The predicted octanol–water partition coefficient (Wildman–Crippen LogP) is 2.61. The van der Waals surface area contributed by atoms with E-state index in [1.54, 1.807) is 0 Å². The molecular formula is C7H5Cl2F2NO3S. The minimum Gasteiger partial charge on any atom is -0.495 e. The summed E-state index contributed by atoms with van der Waals surface area (Å²) in [6.45, 7) is 0. The molecule has 0 aliphatic heterocycles. The van der Waals surface area contributed by atoms with E-state index in [9.17, 15) is 17.2 Å². The third-order valence-corrected chi connectivity index (χ3v) is 3.34. The summed E-state index contributed by atoms with van der Waals surface area (Å²) in [5.41, 5.74) is -0.689. The summed E-state index contributed by atoms with van der Waals surface area (Å²) in [5, 5.41) is -0.648. The van der Waals surface area contributed by atoms with Crippen molar-refractivity contribution in [3.05, 3.63) is 16.9 Å². The minimum absolute atomic E-state index is 0.370. The van der Waals surface area contributed by atoms with Crippen LogP contribution < -0.4 is 4.74 Å². The second-order valence-corrected chi connectivity index (χ2v) is 5.47. The monoisotopic (exact) mass is 291 g/mol. The largest absolute Gasteiger partial charge is 0.495 e. The van der Waals surface area contributed by atoms with Gasteiger partial charge in [0, 0.05) is 16.7 Å². The Kier molecular flexibility index (Phi) is 3.92. The third kappa shape index (κ3) is 2.72. The van der Waals surface area contributed by atoms with Crippen LogP contribution >= 0.6 is 22.3 Å². The molecule has 90 valence electrons. The molecule has 0 fully saturated rings. The molecule has 0 N–H and O–H groups in total. The topological polar surface area (TPSA) is 56.3 Å². The van der Waals surface area contributed by atoms with Crippen molar-refractivity contribution >= 4 is 31.3 Å². The molecule has 0 spiro atoms. The van der Waals surface area contributed by atoms with Gasteiger partial charge in [-0.3, -0.25) is 0 Å². The summed E-state index contributed by atoms with van der Waals surface area (Å²) in [5.74, 6) is -0.370. The quantitative estimate of drug-likeness (QED) is 0.634. The summed E-state index contributed by atoms with van der Waals surface area (Å²) in [6.07, 6.45) is -2.89. The lowest BCUT2D eigenvalue weighted by atomic mass is 10.3. The molecule has 0 saturated heterocycles. The van der Waals surface area contributed by atoms with Gasteiger partial charge in [-0.05, 0) is 0 Å². The summed E-state index contributed by atoms with van der Waals surface area (Å²) >= 11 is 5.45. The first kappa shape index (κ1) is 13.4. The number of hydrogen-bond acceptors (Lipinski definition) is 4. The Bertz CT molecular complexity index is 507. The zero-order valence-electron chi connectivity index (χ0n) is 7.75. The molecule has 0 aromatic carbocycles. The summed E-state index contributed by atoms with van der Waals surface area (Å²) in [4.78, 5) is 2.60. The van der Waals surface area contributed by atoms with E-state index in [0.29, 0.717) is 0 Å². The number of alkyl halides is 2. The van der Waals surface area contributed by atoms with Crippen LogP contribution in [0.5, 0.6) is 5.75 Å². The Morgan fingerprint density at radius 2 is 2.06 bits per heavy atom. The van der Waals surface area contributed by atoms with Crippen LogP contribution in [-0.4, -0.2) is 20.5 Å². The average Bonchev–Trinajstić information content (AvgIpc) is 2.14. The number of aromatic nitrogens is 1. The molecule has 1 rings (SSSR count). The molecule has 0 aliphatic rings. The van der Waals surface area contributed by atoms with Crippen LogP contribution in [0.2, 0.25) is 5.15 Å². The van der Waals surface area contributed by atoms with Crippen molar-refractivity contribution in [3.8, 4) is 5.75 Å². The van der Waals surface area contributed by atoms with Gasteiger partial charge in [0.2, 0.25) is 0 Å². The fourth-order valence-electron chi connectivity index (χ4n) is 0.982. The number of ether oxygens (including phenoxy) is 1. The highest BCUT2D eigenvalue weighted by molar-refractivity contribution is 8.13. The summed E-state index contributed by atoms with van der Waals surface area (Å²) in [7, 11) is 1.95. The van der Waals surface area contributed by atoms with Gasteiger partial charge in [-0.15, -0.1) is 0 Å². The summed E-state index contributed by atoms with van der Waals surface area (Å²) in [6, 6.07) is 0.770. The molecule has 0 unspecified atom stereocenters. The number of pyridine rings is 1. The van der Waals surface area contributed by atoms with Crippen LogP contribution in [0.15, 0.2) is 11.0 Å². The van der Waals surface area contributed by atoms with Crippen LogP contribution in [0.4, 0.5) is 8.78 Å². The molecule has 0 amide bonds. The standard InChI is InChI=1S/C7H5Cl2F2NO3S/c1-15-4-2-3(7(10)11)12-6(8)5(4)16(9,13)14/h2,7H,1H3. The number of rotatable bonds is 3. The highest BCUT2D eigenvalue weighted by Gasteiger charge is 2.25. The first-order chi connectivity index (χ1) is 7.27. The van der Waals surface area contributed by atoms with Gasteiger partial charge in [-0.1, -0.05) is 11.6 Å². The van der Waals surface area contributed by atoms with Crippen molar-refractivity contribution in [2.24, 2.45) is 0 Å². The third-order valence-electron chi connectivity index (χ3n) is 1.60. The molecule has 0 bridgehead atoms. The van der Waals surface area contributed by atoms with Gasteiger partial charge < -0.3 is 4.74 Å². The molecule has 0 saturated carbocycles. The van der Waals surface area contributed by atoms with E-state index in [4.69, 9.17) is 22.3 Å². The van der Waals surface area contributed by atoms with Crippen molar-refractivity contribution in [3.63, 3.8) is 0 Å². The van der Waals surface area contributed by atoms with Gasteiger partial charge in [-0.2, -0.15) is 0 Å². The molecule has 16 heavy (non-hydrogen) atoms. The maximum Gasteiger partial charge on any atom is 0.280 e. The summed E-state index contributed by atoms with van der Waals surface area (Å²) < 4.78 is 51.5. The van der Waals surface area contributed by atoms with Gasteiger partial charge >= 0.3 is 0 Å². The fourth-order valence-corrected chi connectivity index (χ4v) is 2.67. The molecule has 4 nitrogen and oxygen atoms in total. The number of halogens is 4. The first-order valence-corrected chi connectivity index (χ1v) is 6.43. The van der Waals surface area contributed by atoms with Crippen LogP contribution in [0.1, 0.15) is 12.1 Å². The van der Waals surface area contributed by atoms with Gasteiger partial charge in [0.1, 0.15) is 11.4 Å². The first-order valence-electron chi connectivity index (χ1n) is 3.74. The van der Waals surface area contributed by atoms with E-state index in [1.165, 1.54) is 0 Å². The SMILES string of the molecule is COc1cc(C(F)F)nc(Cl)c1S(=O)(=O)Cl. The molecule has 1 heterocycles. The Morgan fingerprint density at radius 3 is 2.44 bits per heavy atom. The second kappa shape index (κ2) is 4.68. The molecular weight excluding hydrogens is 287 g/mol. The lowest BCUT2D eigenvalue weighted by molar-refractivity contribution is 0.145. The van der Waals surface area contributed by atoms with Gasteiger partial charge in [-0.25, -0.2) is 22.2 Å². The number of hydrogen-bond donors (Lipinski definition) is 0. The van der Waals surface area contributed by atoms with E-state index in [1.807, 2.05) is 0 Å². The smallest absolute Gasteiger partial charge is 0.280 e. The van der Waals surface area contributed by atoms with E-state index in [-0.39, 0.29) is 5.75 Å². The van der Waals surface area contributed by atoms with Crippen LogP contribution in [0, 0.1) is 0 Å². The molecule has 1 aromatic heterocycles. The highest BCUT2D eigenvalue weighted by Crippen LogP contribution is 2.35. The maximum atomic E-state index is 12.3. The predicted molar refractivity (Wildman–Crippen MR) is 53.8 cm³/mol. The van der Waals surface area contributed by atoms with E-state index >= 15 is 0 Å². The lowest BCUT2D eigenvalue weighted by Gasteiger charge is -2.09. The molecule has 9 heteroatoms. The Hall–Kier alpha value is -0.660. The number of nitrogens with zero attached hydrogens (tertiary/aromatic N) is 1. The molecule has 0 atom stereocenters. The van der Waals surface area contributed by atoms with Crippen molar-refractivity contribution < 1.29 is 21.9 Å². The Morgan fingerprint density at radius 1 is 1.50 bits per heavy atom. The normalized spacial score (nSPS) is 11.9.